The van der Waals surface area contributed by atoms with Gasteiger partial charge in [0.2, 0.25) is 0 Å². The summed E-state index contributed by atoms with van der Waals surface area (Å²) in [5, 5.41) is 3.73. The highest BCUT2D eigenvalue weighted by Crippen LogP contribution is 2.25. The van der Waals surface area contributed by atoms with E-state index in [1.807, 2.05) is 24.3 Å². The van der Waals surface area contributed by atoms with Gasteiger partial charge in [0.25, 0.3) is 0 Å². The Morgan fingerprint density at radius 3 is 2.67 bits per heavy atom. The number of methoxy groups -OCH3 is 1. The number of para-hydroxylation sites is 2. The topological polar surface area (TPSA) is 75.5 Å². The summed E-state index contributed by atoms with van der Waals surface area (Å²) in [6.45, 7) is 0. The van der Waals surface area contributed by atoms with E-state index in [4.69, 9.17) is 33.0 Å². The Hall–Kier alpha value is -3.03. The predicted molar refractivity (Wildman–Crippen MR) is 109 cm³/mol. The number of halogens is 1. The summed E-state index contributed by atoms with van der Waals surface area (Å²) in [7, 11) is 1.56. The second-order valence-corrected chi connectivity index (χ2v) is 6.25. The van der Waals surface area contributed by atoms with Gasteiger partial charge in [-0.25, -0.2) is 0 Å². The molecular formula is C19H16ClN3O3S. The van der Waals surface area contributed by atoms with Gasteiger partial charge in [-0.05, 0) is 48.6 Å². The molecule has 0 unspecified atom stereocenters. The van der Waals surface area contributed by atoms with E-state index >= 15 is 0 Å². The SMILES string of the molecule is COc1ccccc1NC(=S)NNC(=O)c1ccc(-c2cccc(Cl)c2)o1. The Morgan fingerprint density at radius 1 is 1.07 bits per heavy atom. The lowest BCUT2D eigenvalue weighted by atomic mass is 10.2. The quantitative estimate of drug-likeness (QED) is 0.448. The highest BCUT2D eigenvalue weighted by Gasteiger charge is 2.13. The van der Waals surface area contributed by atoms with Crippen LogP contribution in [0.3, 0.4) is 0 Å². The van der Waals surface area contributed by atoms with Gasteiger partial charge in [0, 0.05) is 10.6 Å². The average Bonchev–Trinajstić information content (AvgIpc) is 3.17. The van der Waals surface area contributed by atoms with Crippen LogP contribution in [0.4, 0.5) is 5.69 Å². The molecule has 0 radical (unpaired) electrons. The van der Waals surface area contributed by atoms with Crippen molar-refractivity contribution in [3.63, 3.8) is 0 Å². The molecule has 1 amide bonds. The molecule has 3 N–H and O–H groups in total. The molecule has 0 spiro atoms. The molecule has 0 atom stereocenters. The zero-order chi connectivity index (χ0) is 19.2. The third kappa shape index (κ3) is 4.78. The molecule has 0 aliphatic carbocycles. The van der Waals surface area contributed by atoms with Crippen molar-refractivity contribution in [2.45, 2.75) is 0 Å². The lowest BCUT2D eigenvalue weighted by Gasteiger charge is -2.13. The van der Waals surface area contributed by atoms with Crippen LogP contribution in [-0.4, -0.2) is 18.1 Å². The normalized spacial score (nSPS) is 10.1. The molecule has 1 aromatic heterocycles. The van der Waals surface area contributed by atoms with Gasteiger partial charge in [-0.1, -0.05) is 35.9 Å². The number of rotatable bonds is 4. The molecule has 2 aromatic carbocycles. The first-order chi connectivity index (χ1) is 13.1. The number of carbonyl (C=O) groups is 1. The van der Waals surface area contributed by atoms with Crippen LogP contribution in [0.15, 0.2) is 65.1 Å². The van der Waals surface area contributed by atoms with Crippen molar-refractivity contribution in [2.75, 3.05) is 12.4 Å². The van der Waals surface area contributed by atoms with Gasteiger partial charge in [-0.15, -0.1) is 0 Å². The number of nitrogens with one attached hydrogen (secondary N) is 3. The number of hydrogen-bond acceptors (Lipinski definition) is 4. The van der Waals surface area contributed by atoms with E-state index in [9.17, 15) is 4.79 Å². The van der Waals surface area contributed by atoms with Crippen molar-refractivity contribution in [3.8, 4) is 17.1 Å². The van der Waals surface area contributed by atoms with Gasteiger partial charge in [0.15, 0.2) is 10.9 Å². The third-order valence-electron chi connectivity index (χ3n) is 3.58. The van der Waals surface area contributed by atoms with Gasteiger partial charge in [0.1, 0.15) is 11.5 Å². The first-order valence-electron chi connectivity index (χ1n) is 7.93. The summed E-state index contributed by atoms with van der Waals surface area (Å²) in [4.78, 5) is 12.2. The van der Waals surface area contributed by atoms with Crippen molar-refractivity contribution in [2.24, 2.45) is 0 Å². The molecule has 0 bridgehead atoms. The fourth-order valence-corrected chi connectivity index (χ4v) is 2.68. The van der Waals surface area contributed by atoms with E-state index in [-0.39, 0.29) is 10.9 Å². The van der Waals surface area contributed by atoms with E-state index in [2.05, 4.69) is 16.2 Å². The van der Waals surface area contributed by atoms with Gasteiger partial charge in [0.05, 0.1) is 12.8 Å². The third-order valence-corrected chi connectivity index (χ3v) is 4.02. The number of benzene rings is 2. The zero-order valence-electron chi connectivity index (χ0n) is 14.3. The summed E-state index contributed by atoms with van der Waals surface area (Å²) in [5.41, 5.74) is 6.56. The number of carbonyl (C=O) groups excluding carboxylic acids is 1. The second-order valence-electron chi connectivity index (χ2n) is 5.41. The summed E-state index contributed by atoms with van der Waals surface area (Å²) in [6, 6.07) is 17.7. The van der Waals surface area contributed by atoms with Gasteiger partial charge in [-0.3, -0.25) is 15.6 Å². The molecule has 6 nitrogen and oxygen atoms in total. The smallest absolute Gasteiger partial charge is 0.305 e. The Kier molecular flexibility index (Phi) is 5.95. The number of hydrazine groups is 1. The Morgan fingerprint density at radius 2 is 1.89 bits per heavy atom. The summed E-state index contributed by atoms with van der Waals surface area (Å²) >= 11 is 11.1. The average molecular weight is 402 g/mol. The second kappa shape index (κ2) is 8.57. The standard InChI is InChI=1S/C19H16ClN3O3S/c1-25-16-8-3-2-7-14(16)21-19(27)23-22-18(24)17-10-9-15(26-17)12-5-4-6-13(20)11-12/h2-11H,1H3,(H,22,24)(H2,21,23,27). The van der Waals surface area contributed by atoms with Crippen molar-refractivity contribution < 1.29 is 13.9 Å². The van der Waals surface area contributed by atoms with E-state index in [0.29, 0.717) is 22.2 Å². The van der Waals surface area contributed by atoms with Crippen molar-refractivity contribution in [1.29, 1.82) is 0 Å². The molecule has 0 saturated carbocycles. The van der Waals surface area contributed by atoms with Crippen LogP contribution in [0.25, 0.3) is 11.3 Å². The minimum atomic E-state index is -0.465. The largest absolute Gasteiger partial charge is 0.495 e. The van der Waals surface area contributed by atoms with Gasteiger partial charge in [-0.2, -0.15) is 0 Å². The molecule has 1 heterocycles. The minimum Gasteiger partial charge on any atom is -0.495 e. The fourth-order valence-electron chi connectivity index (χ4n) is 2.33. The van der Waals surface area contributed by atoms with Crippen LogP contribution >= 0.6 is 23.8 Å². The molecular weight excluding hydrogens is 386 g/mol. The monoisotopic (exact) mass is 401 g/mol. The minimum absolute atomic E-state index is 0.137. The first kappa shape index (κ1) is 18.8. The highest BCUT2D eigenvalue weighted by molar-refractivity contribution is 7.80. The van der Waals surface area contributed by atoms with Crippen LogP contribution in [0.2, 0.25) is 5.02 Å². The lowest BCUT2D eigenvalue weighted by Crippen LogP contribution is -2.43. The highest BCUT2D eigenvalue weighted by atomic mass is 35.5. The van der Waals surface area contributed by atoms with Crippen molar-refractivity contribution in [1.82, 2.24) is 10.9 Å². The van der Waals surface area contributed by atoms with Crippen LogP contribution in [-0.2, 0) is 0 Å². The van der Waals surface area contributed by atoms with Crippen LogP contribution in [0.1, 0.15) is 10.6 Å². The Bertz CT molecular complexity index is 974. The molecule has 3 aromatic rings. The molecule has 0 fully saturated rings. The van der Waals surface area contributed by atoms with Crippen LogP contribution < -0.4 is 20.9 Å². The zero-order valence-corrected chi connectivity index (χ0v) is 15.9. The number of furan rings is 1. The molecule has 0 aliphatic heterocycles. The molecule has 0 aliphatic rings. The van der Waals surface area contributed by atoms with Crippen LogP contribution in [0, 0.1) is 0 Å². The summed E-state index contributed by atoms with van der Waals surface area (Å²) in [5.74, 6) is 0.840. The summed E-state index contributed by atoms with van der Waals surface area (Å²) in [6.07, 6.45) is 0. The number of thiocarbonyl (C=S) groups is 1. The van der Waals surface area contributed by atoms with E-state index in [1.54, 1.807) is 43.5 Å². The van der Waals surface area contributed by atoms with Crippen molar-refractivity contribution in [3.05, 3.63) is 71.4 Å². The summed E-state index contributed by atoms with van der Waals surface area (Å²) < 4.78 is 10.8. The number of ether oxygens (including phenoxy) is 1. The first-order valence-corrected chi connectivity index (χ1v) is 8.71. The maximum Gasteiger partial charge on any atom is 0.305 e. The van der Waals surface area contributed by atoms with E-state index in [0.717, 1.165) is 5.56 Å². The fraction of sp³-hybridized carbons (Fsp3) is 0.0526. The number of anilines is 1. The van der Waals surface area contributed by atoms with E-state index < -0.39 is 5.91 Å². The predicted octanol–water partition coefficient (Wildman–Crippen LogP) is 4.24. The molecule has 27 heavy (non-hydrogen) atoms. The van der Waals surface area contributed by atoms with Gasteiger partial charge < -0.3 is 14.5 Å². The molecule has 0 saturated heterocycles. The maximum atomic E-state index is 12.2. The lowest BCUT2D eigenvalue weighted by molar-refractivity contribution is 0.0917. The maximum absolute atomic E-state index is 12.2. The van der Waals surface area contributed by atoms with Crippen molar-refractivity contribution >= 4 is 40.5 Å². The Balaban J connectivity index is 1.59. The number of hydrogen-bond donors (Lipinski definition) is 3. The molecule has 138 valence electrons. The van der Waals surface area contributed by atoms with Gasteiger partial charge >= 0.3 is 5.91 Å². The Labute approximate surface area is 166 Å². The van der Waals surface area contributed by atoms with E-state index in [1.165, 1.54) is 0 Å². The van der Waals surface area contributed by atoms with Crippen LogP contribution in [0.5, 0.6) is 5.75 Å². The molecule has 8 heteroatoms. The molecule has 3 rings (SSSR count). The number of amides is 1.